The van der Waals surface area contributed by atoms with Gasteiger partial charge in [0.1, 0.15) is 5.82 Å². The first-order valence-electron chi connectivity index (χ1n) is 16.7. The number of nitrogens with one attached hydrogen (secondary N) is 1. The van der Waals surface area contributed by atoms with Gasteiger partial charge in [0, 0.05) is 331 Å². The van der Waals surface area contributed by atoms with Crippen LogP contribution in [-0.2, 0) is 4.79 Å². The highest BCUT2D eigenvalue weighted by atomic mass is 19.1. The third-order valence-corrected chi connectivity index (χ3v) is 9.43. The number of hydrogen-bond donors (Lipinski definition) is 4. The fraction of sp³-hybridized carbons (Fsp3) is 0.400. The Bertz CT molecular complexity index is 1970. The van der Waals surface area contributed by atoms with E-state index < -0.39 is 30.6 Å². The van der Waals surface area contributed by atoms with E-state index in [4.69, 9.17) is 5.11 Å². The molecule has 4 atom stereocenters. The second-order valence-electron chi connectivity index (χ2n) is 13.7. The summed E-state index contributed by atoms with van der Waals surface area (Å²) in [6.45, 7) is 16.1. The maximum atomic E-state index is 14.7. The second kappa shape index (κ2) is 15.3. The molecule has 0 aliphatic rings. The number of carboxylic acid groups (broad SMARTS) is 1. The SMILES string of the molecule is Cc1cccc(-c2c(C(=O)Nc3ccc(C)c(C)c3)c(C(C)C(C)C)n(C(C)C[C@@H](O)C[C@@H](O)CC(=O)O)c2-c2ccc(F)cc2C)c1.[HH].[HH].[HH].[HH].[HH].[HH].[HH].[HH].[HH].[HH].[HH].[HH].[HH].[HH].[HH].[HH].[HH].[HH].[HH].[HH].[HH].[HH].[HH].[HH].[HH].[HH].[HH].[HH].[HH].[HH].[HH].[HH].[HH].[HH].[HH].[HH].[HH].[HH].[HH].[HH].[HH].[HH].[HH].[HH].[HH].[HH].[HH].[HH].[HH].[HH].[HH].[HH].[HH].[HH].[HH].[HH].[HH].[HH].[HH].[HH].[HH].[HH].[HH].[HH].[HH].[HH].[HH].[HH].[HH].[HH].[HH].[HH].[HH].[HH].[HH].[HH].[HH].[HH].[HH].[HH].[HH].[HH].[HH].[HH].[HH].[HH].[HH].[HH].[HH].[HH].[HH].[HH].[HH].[HH].[HH].[HH].[HH].[HH].[HH].[HH].[HH].[HH].[HH].[HH].[HH].[HH].[HH].[HH].[HH].[HH].[HH].[HH].[HH].[HH].[HH].[HH].[HH].[HH].[HH].[HH].[HH].[HH].[HH].[HH].[HH].[HH].[HH].[HH].[HH].[HH].[HH].[HH].[HH].[HH].[HH].[HH].[HH].[HH].[HH].[HH].[HH].[HH].[HH].[HH].[HH].[HH].[HH].[HH].[HH].[HH].[HH].[HH].[HH].[HH].[HH].[HH].[HH].[HH].[HH].[HH].[HH].[HH].[HH].[HH].[HH].[HH].[HH].[HH].[HH].[HH].[HH].[HH].[HH].[HH].[HH].[HH].[HH].[HH].[HH].[HH].[HH].[HH].[HH].[HH].[HH].[HH].[HH].[HH].[HH].[HH].[HH].[HH].[HH].[HH].[HH].[HH].[HH].[HH].[HH].[HH].[HH].[HH].[HH].[HH].[HH].[HH].[HH].[HH].[HH].[HH].[HH].[HH]. The third-order valence-electron chi connectivity index (χ3n) is 9.43. The maximum absolute atomic E-state index is 14.7. The zero-order chi connectivity index (χ0) is 35.4. The molecule has 4 N–H and O–H groups in total. The number of halogens is 1. The Balaban J connectivity index is -0.000000000593. The van der Waals surface area contributed by atoms with Crippen LogP contribution in [0.3, 0.4) is 0 Å². The first kappa shape index (κ1) is 36.6. The Morgan fingerprint density at radius 2 is 1.56 bits per heavy atom. The van der Waals surface area contributed by atoms with Crippen molar-refractivity contribution in [3.63, 3.8) is 0 Å². The van der Waals surface area contributed by atoms with E-state index >= 15 is 0 Å². The number of hydrogen-bond acceptors (Lipinski definition) is 4. The van der Waals surface area contributed by atoms with Gasteiger partial charge in [-0.2, -0.15) is 0 Å². The van der Waals surface area contributed by atoms with Gasteiger partial charge in [0.2, 0.25) is 0 Å². The van der Waals surface area contributed by atoms with Gasteiger partial charge in [-0.3, -0.25) is 9.59 Å². The Kier molecular flexibility index (Phi) is 11.7. The average molecular weight is 1080 g/mol. The van der Waals surface area contributed by atoms with Crippen LogP contribution >= 0.6 is 0 Å². The summed E-state index contributed by atoms with van der Waals surface area (Å²) in [7, 11) is 0. The van der Waals surface area contributed by atoms with E-state index in [1.54, 1.807) is 6.07 Å². The topological polar surface area (TPSA) is 112 Å². The van der Waals surface area contributed by atoms with Gasteiger partial charge >= 0.3 is 5.97 Å². The molecule has 0 radical (unpaired) electrons. The molecule has 3 aromatic carbocycles. The molecule has 1 aromatic heterocycles. The lowest BCUT2D eigenvalue weighted by molar-refractivity contribution is -0.139. The van der Waals surface area contributed by atoms with Crippen LogP contribution in [0, 0.1) is 39.4 Å². The van der Waals surface area contributed by atoms with Gasteiger partial charge in [0.25, 0.3) is 5.91 Å². The molecule has 1 amide bonds. The van der Waals surface area contributed by atoms with Crippen LogP contribution < -0.4 is 5.32 Å². The zero-order valence-corrected chi connectivity index (χ0v) is 29.3. The van der Waals surface area contributed by atoms with Crippen LogP contribution in [0.4, 0.5) is 10.1 Å². The highest BCUT2D eigenvalue weighted by molar-refractivity contribution is 6.12. The molecular weight excluding hydrogens is 607 g/mol. The van der Waals surface area contributed by atoms with Crippen molar-refractivity contribution in [1.29, 1.82) is 0 Å². The van der Waals surface area contributed by atoms with Crippen molar-refractivity contribution in [2.45, 2.75) is 98.8 Å². The summed E-state index contributed by atoms with van der Waals surface area (Å²) in [5.74, 6) is -1.79. The Hall–Kier alpha value is -4.27. The number of anilines is 1. The molecule has 7 nitrogen and oxygen atoms in total. The summed E-state index contributed by atoms with van der Waals surface area (Å²) in [6, 6.07) is 18.0. The number of aliphatic carboxylic acids is 1. The van der Waals surface area contributed by atoms with Crippen LogP contribution in [-0.4, -0.2) is 44.0 Å². The van der Waals surface area contributed by atoms with Gasteiger partial charge in [-0.15, -0.1) is 0 Å². The zero-order valence-electron chi connectivity index (χ0n) is 29.3. The minimum absolute atomic E-state index is 0. The van der Waals surface area contributed by atoms with Crippen LogP contribution in [0.1, 0.15) is 400 Å². The molecule has 4 rings (SSSR count). The Labute approximate surface area is 598 Å². The van der Waals surface area contributed by atoms with Crippen molar-refractivity contribution in [2.24, 2.45) is 5.92 Å². The normalized spacial score (nSPS) is 14.1. The number of carbonyl (C=O) groups is 2. The van der Waals surface area contributed by atoms with Crippen molar-refractivity contribution in [3.05, 3.63) is 100.0 Å². The Morgan fingerprint density at radius 3 is 2.17 bits per heavy atom. The Morgan fingerprint density at radius 1 is 0.854 bits per heavy atom. The number of rotatable bonds is 13. The summed E-state index contributed by atoms with van der Waals surface area (Å²) >= 11 is 0. The lowest BCUT2D eigenvalue weighted by Gasteiger charge is -2.28. The van der Waals surface area contributed by atoms with E-state index in [0.717, 1.165) is 39.2 Å². The summed E-state index contributed by atoms with van der Waals surface area (Å²) in [5, 5.41) is 33.8. The molecule has 0 bridgehead atoms. The number of benzene rings is 3. The number of carbonyl (C=O) groups excluding carboxylic acids is 1. The monoisotopic (exact) mass is 1080 g/mol. The summed E-state index contributed by atoms with van der Waals surface area (Å²) in [4.78, 5) is 25.9. The predicted molar refractivity (Wildman–Crippen MR) is 638 cm³/mol. The molecule has 680 valence electrons. The lowest BCUT2D eigenvalue weighted by Crippen LogP contribution is -2.25. The average Bonchev–Trinajstić information content (AvgIpc) is 3.34. The van der Waals surface area contributed by atoms with Crippen molar-refractivity contribution in [3.8, 4) is 22.4 Å². The van der Waals surface area contributed by atoms with Gasteiger partial charge in [-0.05, 0) is 112 Å². The molecule has 1 heterocycles. The van der Waals surface area contributed by atoms with Crippen molar-refractivity contribution in [1.82, 2.24) is 4.57 Å². The molecular formula is C40H473FN2O5. The van der Waals surface area contributed by atoms with Crippen LogP contribution in [0.15, 0.2) is 60.7 Å². The van der Waals surface area contributed by atoms with E-state index in [-0.39, 0.29) is 339 Å². The minimum Gasteiger partial charge on any atom is -0.481 e. The number of aliphatic hydroxyl groups excluding tert-OH is 2. The van der Waals surface area contributed by atoms with Gasteiger partial charge in [-0.1, -0.05) is 56.7 Å². The molecule has 0 aliphatic carbocycles. The molecule has 4 aromatic rings. The maximum Gasteiger partial charge on any atom is 0.305 e. The fourth-order valence-corrected chi connectivity index (χ4v) is 6.50. The van der Waals surface area contributed by atoms with Gasteiger partial charge in [0.05, 0.1) is 29.9 Å². The lowest BCUT2D eigenvalue weighted by atomic mass is 9.88. The molecule has 48 heavy (non-hydrogen) atoms. The molecule has 8 heteroatoms. The first-order valence-corrected chi connectivity index (χ1v) is 16.7. The molecule has 0 spiro atoms. The number of carboxylic acids is 1. The van der Waals surface area contributed by atoms with Crippen molar-refractivity contribution in [2.75, 3.05) is 5.32 Å². The van der Waals surface area contributed by atoms with E-state index in [1.165, 1.54) is 12.1 Å². The number of aryl methyl sites for hydroxylation is 4. The fourth-order valence-electron chi connectivity index (χ4n) is 6.50. The number of aliphatic hydroxyl groups is 2. The molecule has 0 fully saturated rings. The molecule has 0 aliphatic heterocycles. The highest BCUT2D eigenvalue weighted by Crippen LogP contribution is 2.47. The number of amides is 1. The van der Waals surface area contributed by atoms with E-state index in [0.29, 0.717) is 22.4 Å². The molecule has 0 saturated carbocycles. The summed E-state index contributed by atoms with van der Waals surface area (Å²) in [5.41, 5.74) is 8.86. The number of aromatic nitrogens is 1. The highest BCUT2D eigenvalue weighted by Gasteiger charge is 2.35. The van der Waals surface area contributed by atoms with E-state index in [2.05, 4.69) is 30.7 Å². The molecule has 0 saturated heterocycles. The number of nitrogens with zero attached hydrogens (tertiary/aromatic N) is 1. The predicted octanol–water partition coefficient (Wildman–Crippen LogP) is 60.9. The standard InChI is InChI=1S/C40H49FN2O5.212H2/c1-22(2)28(8)38-37(40(48)42-31-14-12-24(4)25(5)18-31)36(29-11-9-10-23(3)16-29)39(34-15-13-30(41)17-26(34)6)43(38)27(7)19-32(44)20-33(45)21-35(46)47;;;;;;;;;;;;;;;;;;;;;;;;;;;;;;;;;;;;;;;;;;;;;;;;;;;;;;;;;;;;;;;;;;;;;;;;;;;;;;;;;;;;;;;;;;;;;;;;;;;;;;;;;;;;;;;;;;;;;;;;;;;;;;;;;;;;;;;;;;;;;;;;;;;;;;;;;;;;;;;;;;;;;;;;;;;;;;;;;;;;;;;;;;;;;;;;;;;;;;;;;;;;;;;;;;;;/h9-18,22,27-28,32-33,44-45H,19-21H2,1-8H3,(H,42,48)(H,46,47);212*1H/t27?,28?,32-,33-;;;;;;;;;;;;;;;;;;;;;;;;;;;;;;;;;;;;;;;;;;;;;;;;;;;;;;;;;;;;;;;;;;;;;;;;;;;;;;;;;;;;;;;;;;;;;;;;;;;;;;;;;;;;;;;;;;;;;;;;;;;;;;;;;;;;;;;;;;;;;;;;;;;;;;;;;;;;;;;;;;;;;;;;;;;;;;;;;;;;;;;;;;;;;;;;;;;;;;;;;;;;;;;;;;;;/m1..................................................................................................................................................................................................................../s1. The van der Waals surface area contributed by atoms with Gasteiger partial charge < -0.3 is 25.2 Å². The quantitative estimate of drug-likeness (QED) is 0.107. The first-order chi connectivity index (χ1) is 22.6. The largest absolute Gasteiger partial charge is 0.481 e. The second-order valence-corrected chi connectivity index (χ2v) is 13.7. The minimum atomic E-state index is -1.20. The van der Waals surface area contributed by atoms with Gasteiger partial charge in [0.15, 0.2) is 0 Å². The van der Waals surface area contributed by atoms with Gasteiger partial charge in [-0.25, -0.2) is 4.39 Å². The van der Waals surface area contributed by atoms with Crippen LogP contribution in [0.5, 0.6) is 0 Å². The summed E-state index contributed by atoms with van der Waals surface area (Å²) < 4.78 is 16.7. The van der Waals surface area contributed by atoms with Crippen LogP contribution in [0.25, 0.3) is 22.4 Å². The smallest absolute Gasteiger partial charge is 0.305 e. The molecule has 2 unspecified atom stereocenters. The van der Waals surface area contributed by atoms with Crippen molar-refractivity contribution < 1.29 is 332 Å². The van der Waals surface area contributed by atoms with Crippen molar-refractivity contribution >= 4 is 17.6 Å². The summed E-state index contributed by atoms with van der Waals surface area (Å²) in [6.07, 6.45) is -2.61. The third kappa shape index (κ3) is 8.23. The van der Waals surface area contributed by atoms with E-state index in [1.807, 2.05) is 77.1 Å². The van der Waals surface area contributed by atoms with E-state index in [9.17, 15) is 24.2 Å². The van der Waals surface area contributed by atoms with Crippen LogP contribution in [0.2, 0.25) is 0 Å².